The van der Waals surface area contributed by atoms with Gasteiger partial charge in [0.15, 0.2) is 0 Å². The third-order valence-electron chi connectivity index (χ3n) is 4.05. The molecule has 3 rings (SSSR count). The van der Waals surface area contributed by atoms with Crippen LogP contribution in [0.4, 0.5) is 10.5 Å². The number of rotatable bonds is 1. The number of anilines is 1. The van der Waals surface area contributed by atoms with Gasteiger partial charge in [-0.15, -0.1) is 0 Å². The van der Waals surface area contributed by atoms with E-state index in [2.05, 4.69) is 6.07 Å². The second kappa shape index (κ2) is 6.14. The van der Waals surface area contributed by atoms with E-state index < -0.39 is 5.60 Å². The molecule has 128 valence electrons. The van der Waals surface area contributed by atoms with E-state index in [4.69, 9.17) is 15.7 Å². The van der Waals surface area contributed by atoms with Crippen molar-refractivity contribution in [3.05, 3.63) is 53.1 Å². The Balaban J connectivity index is 1.93. The molecule has 0 radical (unpaired) electrons. The molecule has 0 atom stereocenters. The van der Waals surface area contributed by atoms with Crippen LogP contribution in [0, 0.1) is 11.3 Å². The van der Waals surface area contributed by atoms with Crippen LogP contribution in [0.25, 0.3) is 11.1 Å². The topological polar surface area (TPSA) is 79.3 Å². The van der Waals surface area contributed by atoms with E-state index in [0.717, 1.165) is 22.3 Å². The summed E-state index contributed by atoms with van der Waals surface area (Å²) >= 11 is 0. The van der Waals surface area contributed by atoms with Crippen molar-refractivity contribution in [2.75, 3.05) is 5.73 Å². The van der Waals surface area contributed by atoms with Gasteiger partial charge in [-0.2, -0.15) is 5.26 Å². The molecule has 0 bridgehead atoms. The van der Waals surface area contributed by atoms with Crippen LogP contribution >= 0.6 is 0 Å². The minimum atomic E-state index is -0.527. The van der Waals surface area contributed by atoms with Gasteiger partial charge in [0.1, 0.15) is 5.60 Å². The number of benzene rings is 2. The average Bonchev–Trinajstić information content (AvgIpc) is 2.96. The number of carbonyl (C=O) groups is 1. The standard InChI is InChI=1S/C20H21N3O2/c1-20(2,3)25-19(24)23-11-15-8-16(22)9-17(18(15)12-23)14-6-4-13(10-21)5-7-14/h4-9H,11-12,22H2,1-3H3. The number of amides is 1. The zero-order valence-electron chi connectivity index (χ0n) is 14.7. The Morgan fingerprint density at radius 1 is 1.20 bits per heavy atom. The van der Waals surface area contributed by atoms with E-state index in [0.29, 0.717) is 24.3 Å². The summed E-state index contributed by atoms with van der Waals surface area (Å²) in [6.45, 7) is 6.54. The first-order valence-electron chi connectivity index (χ1n) is 8.16. The molecule has 2 N–H and O–H groups in total. The van der Waals surface area contributed by atoms with Crippen LogP contribution in [0.1, 0.15) is 37.5 Å². The quantitative estimate of drug-likeness (QED) is 0.797. The fraction of sp³-hybridized carbons (Fsp3) is 0.300. The second-order valence-corrected chi connectivity index (χ2v) is 7.23. The highest BCUT2D eigenvalue weighted by Gasteiger charge is 2.29. The van der Waals surface area contributed by atoms with Crippen molar-refractivity contribution < 1.29 is 9.53 Å². The first-order valence-corrected chi connectivity index (χ1v) is 8.16. The summed E-state index contributed by atoms with van der Waals surface area (Å²) in [5.41, 5.74) is 10.9. The van der Waals surface area contributed by atoms with Crippen molar-refractivity contribution in [2.45, 2.75) is 39.5 Å². The highest BCUT2D eigenvalue weighted by Crippen LogP contribution is 2.35. The zero-order chi connectivity index (χ0) is 18.2. The Morgan fingerprint density at radius 3 is 2.48 bits per heavy atom. The smallest absolute Gasteiger partial charge is 0.410 e. The summed E-state index contributed by atoms with van der Waals surface area (Å²) in [7, 11) is 0. The minimum Gasteiger partial charge on any atom is -0.444 e. The maximum Gasteiger partial charge on any atom is 0.410 e. The molecule has 1 aliphatic heterocycles. The van der Waals surface area contributed by atoms with Crippen LogP contribution in [-0.2, 0) is 17.8 Å². The van der Waals surface area contributed by atoms with Gasteiger partial charge in [0.25, 0.3) is 0 Å². The predicted octanol–water partition coefficient (Wildman–Crippen LogP) is 4.06. The Kier molecular flexibility index (Phi) is 4.13. The van der Waals surface area contributed by atoms with Gasteiger partial charge in [0.2, 0.25) is 0 Å². The van der Waals surface area contributed by atoms with Crippen molar-refractivity contribution in [1.82, 2.24) is 4.90 Å². The van der Waals surface area contributed by atoms with Crippen LogP contribution in [-0.4, -0.2) is 16.6 Å². The van der Waals surface area contributed by atoms with E-state index in [1.54, 1.807) is 17.0 Å². The van der Waals surface area contributed by atoms with Crippen LogP contribution in [0.3, 0.4) is 0 Å². The fourth-order valence-electron chi connectivity index (χ4n) is 2.97. The normalized spacial score (nSPS) is 13.3. The number of hydrogen-bond acceptors (Lipinski definition) is 4. The second-order valence-electron chi connectivity index (χ2n) is 7.23. The van der Waals surface area contributed by atoms with Crippen molar-refractivity contribution in [3.63, 3.8) is 0 Å². The molecule has 0 saturated heterocycles. The zero-order valence-corrected chi connectivity index (χ0v) is 14.7. The lowest BCUT2D eigenvalue weighted by Crippen LogP contribution is -2.33. The number of nitriles is 1. The van der Waals surface area contributed by atoms with E-state index in [1.165, 1.54) is 0 Å². The lowest BCUT2D eigenvalue weighted by Gasteiger charge is -2.24. The minimum absolute atomic E-state index is 0.326. The SMILES string of the molecule is CC(C)(C)OC(=O)N1Cc2cc(N)cc(-c3ccc(C#N)cc3)c2C1. The van der Waals surface area contributed by atoms with Gasteiger partial charge in [-0.05, 0) is 67.3 Å². The Labute approximate surface area is 147 Å². The molecule has 5 nitrogen and oxygen atoms in total. The third-order valence-corrected chi connectivity index (χ3v) is 4.05. The van der Waals surface area contributed by atoms with Crippen LogP contribution in [0.5, 0.6) is 0 Å². The maximum absolute atomic E-state index is 12.4. The molecule has 0 spiro atoms. The van der Waals surface area contributed by atoms with Crippen LogP contribution in [0.2, 0.25) is 0 Å². The number of nitrogens with zero attached hydrogens (tertiary/aromatic N) is 2. The number of carbonyl (C=O) groups excluding carboxylic acids is 1. The lowest BCUT2D eigenvalue weighted by atomic mass is 9.95. The fourth-order valence-corrected chi connectivity index (χ4v) is 2.97. The molecule has 5 heteroatoms. The van der Waals surface area contributed by atoms with E-state index in [-0.39, 0.29) is 6.09 Å². The largest absolute Gasteiger partial charge is 0.444 e. The predicted molar refractivity (Wildman–Crippen MR) is 96.5 cm³/mol. The monoisotopic (exact) mass is 335 g/mol. The van der Waals surface area contributed by atoms with Gasteiger partial charge in [-0.1, -0.05) is 12.1 Å². The van der Waals surface area contributed by atoms with E-state index >= 15 is 0 Å². The molecule has 1 aliphatic rings. The van der Waals surface area contributed by atoms with Gasteiger partial charge >= 0.3 is 6.09 Å². The molecule has 2 aromatic carbocycles. The first-order chi connectivity index (χ1) is 11.8. The third kappa shape index (κ3) is 3.58. The lowest BCUT2D eigenvalue weighted by molar-refractivity contribution is 0.0242. The number of fused-ring (bicyclic) bond motifs is 1. The summed E-state index contributed by atoms with van der Waals surface area (Å²) in [5.74, 6) is 0. The molecule has 1 amide bonds. The van der Waals surface area contributed by atoms with Gasteiger partial charge < -0.3 is 10.5 Å². The van der Waals surface area contributed by atoms with E-state index in [1.807, 2.05) is 45.0 Å². The van der Waals surface area contributed by atoms with E-state index in [9.17, 15) is 4.79 Å². The Bertz CT molecular complexity index is 858. The Hall–Kier alpha value is -3.00. The average molecular weight is 335 g/mol. The number of hydrogen-bond donors (Lipinski definition) is 1. The highest BCUT2D eigenvalue weighted by atomic mass is 16.6. The molecule has 25 heavy (non-hydrogen) atoms. The molecule has 1 heterocycles. The Morgan fingerprint density at radius 2 is 1.88 bits per heavy atom. The van der Waals surface area contributed by atoms with Gasteiger partial charge in [0, 0.05) is 12.2 Å². The van der Waals surface area contributed by atoms with Gasteiger partial charge in [-0.3, -0.25) is 4.90 Å². The molecule has 0 fully saturated rings. The van der Waals surface area contributed by atoms with Crippen LogP contribution < -0.4 is 5.73 Å². The molecule has 0 unspecified atom stereocenters. The molecule has 0 aliphatic carbocycles. The maximum atomic E-state index is 12.4. The van der Waals surface area contributed by atoms with Crippen molar-refractivity contribution in [2.24, 2.45) is 0 Å². The summed E-state index contributed by atoms with van der Waals surface area (Å²) in [4.78, 5) is 14.1. The summed E-state index contributed by atoms with van der Waals surface area (Å²) in [6.07, 6.45) is -0.326. The summed E-state index contributed by atoms with van der Waals surface area (Å²) in [5, 5.41) is 8.96. The molecular weight excluding hydrogens is 314 g/mol. The molecule has 2 aromatic rings. The van der Waals surface area contributed by atoms with Gasteiger partial charge in [-0.25, -0.2) is 4.79 Å². The van der Waals surface area contributed by atoms with Gasteiger partial charge in [0.05, 0.1) is 18.2 Å². The number of nitrogens with two attached hydrogens (primary N) is 1. The first kappa shape index (κ1) is 16.8. The molecule has 0 aromatic heterocycles. The number of ether oxygens (including phenoxy) is 1. The van der Waals surface area contributed by atoms with Crippen molar-refractivity contribution in [1.29, 1.82) is 5.26 Å². The summed E-state index contributed by atoms with van der Waals surface area (Å²) in [6, 6.07) is 13.3. The number of nitrogen functional groups attached to an aromatic ring is 1. The highest BCUT2D eigenvalue weighted by molar-refractivity contribution is 5.76. The molecule has 0 saturated carbocycles. The summed E-state index contributed by atoms with van der Waals surface area (Å²) < 4.78 is 5.48. The van der Waals surface area contributed by atoms with Crippen molar-refractivity contribution in [3.8, 4) is 17.2 Å². The molecular formula is C20H21N3O2. The van der Waals surface area contributed by atoms with Crippen molar-refractivity contribution >= 4 is 11.8 Å². The van der Waals surface area contributed by atoms with Crippen LogP contribution in [0.15, 0.2) is 36.4 Å².